The first-order valence-electron chi connectivity index (χ1n) is 8.42. The highest BCUT2D eigenvalue weighted by Gasteiger charge is 2.33. The van der Waals surface area contributed by atoms with Gasteiger partial charge in [-0.1, -0.05) is 42.0 Å². The number of nitrogens with two attached hydrogens (primary N) is 1. The minimum absolute atomic E-state index is 0.00286. The predicted molar refractivity (Wildman–Crippen MR) is 95.2 cm³/mol. The summed E-state index contributed by atoms with van der Waals surface area (Å²) in [6.45, 7) is 1.89. The number of hydrogen-bond donors (Lipinski definition) is 2. The smallest absolute Gasteiger partial charge is 0.258 e. The van der Waals surface area contributed by atoms with E-state index >= 15 is 0 Å². The summed E-state index contributed by atoms with van der Waals surface area (Å²) in [5.74, 6) is 0.0105. The van der Waals surface area contributed by atoms with Crippen LogP contribution in [0.4, 0.5) is 0 Å². The Morgan fingerprint density at radius 3 is 2.48 bits per heavy atom. The Balaban J connectivity index is 1.63. The fourth-order valence-electron chi connectivity index (χ4n) is 2.83. The number of hydrogen-bond acceptors (Lipinski definition) is 3. The van der Waals surface area contributed by atoms with Gasteiger partial charge in [-0.3, -0.25) is 9.59 Å². The number of amides is 2. The molecular formula is C20H22N2O3. The molecule has 1 saturated carbocycles. The first-order chi connectivity index (χ1) is 12.0. The molecule has 0 saturated heterocycles. The van der Waals surface area contributed by atoms with Crippen molar-refractivity contribution in [2.24, 2.45) is 11.7 Å². The Labute approximate surface area is 147 Å². The third-order valence-corrected chi connectivity index (χ3v) is 4.36. The Hall–Kier alpha value is -2.82. The first-order valence-corrected chi connectivity index (χ1v) is 8.42. The summed E-state index contributed by atoms with van der Waals surface area (Å²) in [4.78, 5) is 23.7. The van der Waals surface area contributed by atoms with E-state index in [0.29, 0.717) is 11.7 Å². The van der Waals surface area contributed by atoms with Crippen LogP contribution in [0.25, 0.3) is 0 Å². The second-order valence-electron chi connectivity index (χ2n) is 6.44. The molecule has 0 heterocycles. The molecule has 0 bridgehead atoms. The Morgan fingerprint density at radius 2 is 1.84 bits per heavy atom. The van der Waals surface area contributed by atoms with Gasteiger partial charge in [-0.25, -0.2) is 0 Å². The van der Waals surface area contributed by atoms with Gasteiger partial charge in [-0.15, -0.1) is 0 Å². The molecule has 5 nitrogen and oxygen atoms in total. The summed E-state index contributed by atoms with van der Waals surface area (Å²) in [7, 11) is 0. The maximum atomic E-state index is 12.3. The van der Waals surface area contributed by atoms with Crippen LogP contribution in [0, 0.1) is 12.8 Å². The van der Waals surface area contributed by atoms with Crippen LogP contribution in [0.3, 0.4) is 0 Å². The summed E-state index contributed by atoms with van der Waals surface area (Å²) in [6, 6.07) is 14.9. The van der Waals surface area contributed by atoms with Gasteiger partial charge in [-0.05, 0) is 43.4 Å². The van der Waals surface area contributed by atoms with Gasteiger partial charge in [0.15, 0.2) is 6.61 Å². The molecule has 1 fully saturated rings. The van der Waals surface area contributed by atoms with Crippen molar-refractivity contribution in [2.75, 3.05) is 6.61 Å². The zero-order valence-corrected chi connectivity index (χ0v) is 14.2. The van der Waals surface area contributed by atoms with Crippen LogP contribution in [-0.2, 0) is 4.79 Å². The van der Waals surface area contributed by atoms with Crippen LogP contribution in [0.5, 0.6) is 5.75 Å². The number of carbonyl (C=O) groups is 2. The number of ether oxygens (including phenoxy) is 1. The molecule has 2 aromatic rings. The molecule has 1 aliphatic carbocycles. The topological polar surface area (TPSA) is 81.4 Å². The number of para-hydroxylation sites is 1. The molecule has 0 spiro atoms. The van der Waals surface area contributed by atoms with E-state index in [-0.39, 0.29) is 24.1 Å². The molecule has 3 rings (SSSR count). The molecule has 5 heteroatoms. The molecular weight excluding hydrogens is 316 g/mol. The van der Waals surface area contributed by atoms with Crippen LogP contribution < -0.4 is 15.8 Å². The largest absolute Gasteiger partial charge is 0.483 e. The maximum Gasteiger partial charge on any atom is 0.258 e. The molecule has 0 radical (unpaired) electrons. The zero-order chi connectivity index (χ0) is 17.8. The maximum absolute atomic E-state index is 12.3. The fraction of sp³-hybridized carbons (Fsp3) is 0.300. The second-order valence-corrected chi connectivity index (χ2v) is 6.44. The van der Waals surface area contributed by atoms with Gasteiger partial charge in [0.2, 0.25) is 0 Å². The minimum Gasteiger partial charge on any atom is -0.483 e. The average Bonchev–Trinajstić information content (AvgIpc) is 3.44. The molecule has 2 aromatic carbocycles. The molecule has 130 valence electrons. The summed E-state index contributed by atoms with van der Waals surface area (Å²) in [5, 5.41) is 3.05. The van der Waals surface area contributed by atoms with E-state index in [9.17, 15) is 9.59 Å². The van der Waals surface area contributed by atoms with E-state index in [1.165, 1.54) is 5.56 Å². The summed E-state index contributed by atoms with van der Waals surface area (Å²) in [5.41, 5.74) is 7.89. The normalized spacial score (nSPS) is 14.6. The highest BCUT2D eigenvalue weighted by atomic mass is 16.5. The van der Waals surface area contributed by atoms with E-state index in [1.807, 2.05) is 6.92 Å². The van der Waals surface area contributed by atoms with Crippen molar-refractivity contribution >= 4 is 11.8 Å². The number of carbonyl (C=O) groups excluding carboxylic acids is 2. The SMILES string of the molecule is Cc1ccc([C@@H](NC(=O)COc2ccccc2C(N)=O)C2CC2)cc1. The second kappa shape index (κ2) is 7.38. The van der Waals surface area contributed by atoms with E-state index in [0.717, 1.165) is 18.4 Å². The summed E-state index contributed by atoms with van der Waals surface area (Å²) in [6.07, 6.45) is 2.23. The van der Waals surface area contributed by atoms with Gasteiger partial charge in [0.25, 0.3) is 11.8 Å². The van der Waals surface area contributed by atoms with Gasteiger partial charge in [-0.2, -0.15) is 0 Å². The van der Waals surface area contributed by atoms with Gasteiger partial charge >= 0.3 is 0 Å². The summed E-state index contributed by atoms with van der Waals surface area (Å²) >= 11 is 0. The van der Waals surface area contributed by atoms with Crippen molar-refractivity contribution in [2.45, 2.75) is 25.8 Å². The number of nitrogens with one attached hydrogen (secondary N) is 1. The molecule has 25 heavy (non-hydrogen) atoms. The lowest BCUT2D eigenvalue weighted by molar-refractivity contribution is -0.124. The fourth-order valence-corrected chi connectivity index (χ4v) is 2.83. The Kier molecular flexibility index (Phi) is 5.03. The van der Waals surface area contributed by atoms with Crippen LogP contribution >= 0.6 is 0 Å². The van der Waals surface area contributed by atoms with Crippen LogP contribution in [0.2, 0.25) is 0 Å². The quantitative estimate of drug-likeness (QED) is 0.814. The Morgan fingerprint density at radius 1 is 1.16 bits per heavy atom. The standard InChI is InChI=1S/C20H22N2O3/c1-13-6-8-14(9-7-13)19(15-10-11-15)22-18(23)12-25-17-5-3-2-4-16(17)20(21)24/h2-9,15,19H,10-12H2,1H3,(H2,21,24)(H,22,23)/t19-/m1/s1. The van der Waals surface area contributed by atoms with Crippen molar-refractivity contribution in [1.29, 1.82) is 0 Å². The zero-order valence-electron chi connectivity index (χ0n) is 14.2. The van der Waals surface area contributed by atoms with E-state index in [4.69, 9.17) is 10.5 Å². The van der Waals surface area contributed by atoms with Crippen LogP contribution in [0.1, 0.15) is 40.4 Å². The van der Waals surface area contributed by atoms with Crippen LogP contribution in [-0.4, -0.2) is 18.4 Å². The molecule has 3 N–H and O–H groups in total. The van der Waals surface area contributed by atoms with E-state index < -0.39 is 5.91 Å². The number of benzene rings is 2. The van der Waals surface area contributed by atoms with Gasteiger partial charge < -0.3 is 15.8 Å². The van der Waals surface area contributed by atoms with Crippen molar-refractivity contribution in [3.8, 4) is 5.75 Å². The number of aryl methyl sites for hydroxylation is 1. The van der Waals surface area contributed by atoms with Gasteiger partial charge in [0.1, 0.15) is 5.75 Å². The molecule has 1 aliphatic rings. The van der Waals surface area contributed by atoms with Crippen molar-refractivity contribution in [3.63, 3.8) is 0 Å². The van der Waals surface area contributed by atoms with Gasteiger partial charge in [0.05, 0.1) is 11.6 Å². The monoisotopic (exact) mass is 338 g/mol. The molecule has 0 aromatic heterocycles. The Bertz CT molecular complexity index is 767. The minimum atomic E-state index is -0.577. The number of primary amides is 1. The third-order valence-electron chi connectivity index (χ3n) is 4.36. The third kappa shape index (κ3) is 4.38. The van der Waals surface area contributed by atoms with Crippen molar-refractivity contribution in [3.05, 3.63) is 65.2 Å². The molecule has 2 amide bonds. The molecule has 0 aliphatic heterocycles. The lowest BCUT2D eigenvalue weighted by Gasteiger charge is -2.19. The lowest BCUT2D eigenvalue weighted by atomic mass is 10.0. The average molecular weight is 338 g/mol. The highest BCUT2D eigenvalue weighted by Crippen LogP contribution is 2.41. The lowest BCUT2D eigenvalue weighted by Crippen LogP contribution is -2.34. The van der Waals surface area contributed by atoms with Gasteiger partial charge in [0, 0.05) is 0 Å². The predicted octanol–water partition coefficient (Wildman–Crippen LogP) is 2.74. The molecule has 1 atom stereocenters. The highest BCUT2D eigenvalue weighted by molar-refractivity contribution is 5.95. The molecule has 0 unspecified atom stereocenters. The van der Waals surface area contributed by atoms with Crippen LogP contribution in [0.15, 0.2) is 48.5 Å². The van der Waals surface area contributed by atoms with E-state index in [1.54, 1.807) is 24.3 Å². The summed E-state index contributed by atoms with van der Waals surface area (Å²) < 4.78 is 5.50. The van der Waals surface area contributed by atoms with E-state index in [2.05, 4.69) is 29.6 Å². The first kappa shape index (κ1) is 17.0. The number of rotatable bonds is 7. The van der Waals surface area contributed by atoms with Crippen molar-refractivity contribution in [1.82, 2.24) is 5.32 Å². The van der Waals surface area contributed by atoms with Crippen molar-refractivity contribution < 1.29 is 14.3 Å².